The molecule has 2 atom stereocenters. The highest BCUT2D eigenvalue weighted by Gasteiger charge is 2.39. The topological polar surface area (TPSA) is 78.0 Å². The Hall–Kier alpha value is -2.31. The Morgan fingerprint density at radius 2 is 2.04 bits per heavy atom. The molecule has 144 valence electrons. The molecule has 1 aliphatic rings. The van der Waals surface area contributed by atoms with Gasteiger partial charge in [-0.3, -0.25) is 9.78 Å². The van der Waals surface area contributed by atoms with E-state index < -0.39 is 5.60 Å². The molecular weight excluding hydrogens is 336 g/mol. The molecule has 2 rings (SSSR count). The number of hydrogen-bond donors (Lipinski definition) is 0. The fourth-order valence-corrected chi connectivity index (χ4v) is 3.01. The number of carbonyl (C=O) groups is 2. The lowest BCUT2D eigenvalue weighted by molar-refractivity contribution is -0.150. The Morgan fingerprint density at radius 3 is 2.58 bits per heavy atom. The molecule has 1 aromatic rings. The average Bonchev–Trinajstić information content (AvgIpc) is 2.60. The van der Waals surface area contributed by atoms with Crippen molar-refractivity contribution in [3.05, 3.63) is 24.0 Å². The van der Waals surface area contributed by atoms with Crippen molar-refractivity contribution in [2.75, 3.05) is 26.8 Å². The van der Waals surface area contributed by atoms with Gasteiger partial charge in [-0.2, -0.15) is 0 Å². The predicted octanol–water partition coefficient (Wildman–Crippen LogP) is 2.99. The first-order chi connectivity index (χ1) is 12.2. The van der Waals surface area contributed by atoms with E-state index in [1.54, 1.807) is 31.2 Å². The van der Waals surface area contributed by atoms with Gasteiger partial charge < -0.3 is 19.1 Å². The third-order valence-corrected chi connectivity index (χ3v) is 4.23. The van der Waals surface area contributed by atoms with E-state index >= 15 is 0 Å². The Bertz CT molecular complexity index is 624. The smallest absolute Gasteiger partial charge is 0.410 e. The lowest BCUT2D eigenvalue weighted by atomic mass is 9.83. The van der Waals surface area contributed by atoms with Gasteiger partial charge in [-0.05, 0) is 46.2 Å². The minimum atomic E-state index is -0.567. The molecule has 0 radical (unpaired) electrons. The monoisotopic (exact) mass is 364 g/mol. The van der Waals surface area contributed by atoms with Gasteiger partial charge in [-0.25, -0.2) is 4.79 Å². The van der Waals surface area contributed by atoms with Crippen LogP contribution in [0.3, 0.4) is 0 Å². The maximum atomic E-state index is 12.4. The van der Waals surface area contributed by atoms with Gasteiger partial charge in [-0.1, -0.05) is 0 Å². The highest BCUT2D eigenvalue weighted by molar-refractivity contribution is 5.75. The zero-order valence-electron chi connectivity index (χ0n) is 16.2. The first-order valence-corrected chi connectivity index (χ1v) is 8.89. The van der Waals surface area contributed by atoms with Crippen LogP contribution < -0.4 is 4.74 Å². The van der Waals surface area contributed by atoms with Gasteiger partial charge in [0, 0.05) is 24.7 Å². The summed E-state index contributed by atoms with van der Waals surface area (Å²) < 4.78 is 15.8. The fourth-order valence-electron chi connectivity index (χ4n) is 3.01. The van der Waals surface area contributed by atoms with Crippen LogP contribution in [0.1, 0.15) is 45.7 Å². The first kappa shape index (κ1) is 20.0. The molecule has 1 saturated heterocycles. The van der Waals surface area contributed by atoms with E-state index in [4.69, 9.17) is 14.2 Å². The van der Waals surface area contributed by atoms with Crippen molar-refractivity contribution in [2.24, 2.45) is 5.92 Å². The lowest BCUT2D eigenvalue weighted by Crippen LogP contribution is -2.47. The molecule has 1 aromatic heterocycles. The number of ether oxygens (including phenoxy) is 3. The molecule has 1 fully saturated rings. The summed E-state index contributed by atoms with van der Waals surface area (Å²) in [7, 11) is 1.57. The second-order valence-electron chi connectivity index (χ2n) is 7.30. The van der Waals surface area contributed by atoms with Crippen molar-refractivity contribution in [3.63, 3.8) is 0 Å². The van der Waals surface area contributed by atoms with Crippen molar-refractivity contribution >= 4 is 12.1 Å². The minimum absolute atomic E-state index is 0.249. The number of carbonyl (C=O) groups excluding carboxylic acids is 2. The quantitative estimate of drug-likeness (QED) is 0.764. The summed E-state index contributed by atoms with van der Waals surface area (Å²) >= 11 is 0. The van der Waals surface area contributed by atoms with Gasteiger partial charge in [0.1, 0.15) is 11.4 Å². The summed E-state index contributed by atoms with van der Waals surface area (Å²) in [6.07, 6.45) is 1.75. The van der Waals surface area contributed by atoms with Crippen LogP contribution in [-0.2, 0) is 14.3 Å². The molecule has 0 spiro atoms. The van der Waals surface area contributed by atoms with Crippen LogP contribution in [0.2, 0.25) is 0 Å². The van der Waals surface area contributed by atoms with Gasteiger partial charge in [-0.15, -0.1) is 0 Å². The Kier molecular flexibility index (Phi) is 6.45. The third kappa shape index (κ3) is 5.09. The maximum Gasteiger partial charge on any atom is 0.410 e. The Balaban J connectivity index is 2.22. The zero-order valence-corrected chi connectivity index (χ0v) is 16.2. The molecule has 7 heteroatoms. The molecule has 2 unspecified atom stereocenters. The zero-order chi connectivity index (χ0) is 19.3. The number of aromatic nitrogens is 1. The van der Waals surface area contributed by atoms with Crippen LogP contribution in [0, 0.1) is 5.92 Å². The molecule has 0 aliphatic carbocycles. The van der Waals surface area contributed by atoms with Crippen molar-refractivity contribution in [3.8, 4) is 5.75 Å². The van der Waals surface area contributed by atoms with Crippen LogP contribution in [0.5, 0.6) is 5.75 Å². The summed E-state index contributed by atoms with van der Waals surface area (Å²) in [4.78, 5) is 30.9. The van der Waals surface area contributed by atoms with Gasteiger partial charge in [0.25, 0.3) is 0 Å². The molecule has 0 N–H and O–H groups in total. The van der Waals surface area contributed by atoms with Gasteiger partial charge in [0.2, 0.25) is 0 Å². The number of rotatable bonds is 4. The standard InChI is InChI=1S/C19H28N2O5/c1-6-25-17(22)14-9-10-21(18(23)26-19(2,3)4)12-15(14)16-8-7-13(24-5)11-20-16/h7-8,11,14-15H,6,9-10,12H2,1-5H3. The average molecular weight is 364 g/mol. The third-order valence-electron chi connectivity index (χ3n) is 4.23. The molecule has 7 nitrogen and oxygen atoms in total. The molecule has 1 aliphatic heterocycles. The normalized spacial score (nSPS) is 20.4. The molecule has 1 amide bonds. The summed E-state index contributed by atoms with van der Waals surface area (Å²) in [5.74, 6) is -0.198. The number of amides is 1. The molecule has 0 bridgehead atoms. The molecule has 0 saturated carbocycles. The van der Waals surface area contributed by atoms with E-state index in [0.717, 1.165) is 5.69 Å². The van der Waals surface area contributed by atoms with E-state index in [2.05, 4.69) is 4.98 Å². The van der Waals surface area contributed by atoms with Crippen molar-refractivity contribution in [1.29, 1.82) is 0 Å². The number of hydrogen-bond acceptors (Lipinski definition) is 6. The lowest BCUT2D eigenvalue weighted by Gasteiger charge is -2.37. The van der Waals surface area contributed by atoms with Crippen molar-refractivity contribution in [2.45, 2.75) is 45.6 Å². The summed E-state index contributed by atoms with van der Waals surface area (Å²) in [5, 5.41) is 0. The highest BCUT2D eigenvalue weighted by Crippen LogP contribution is 2.33. The minimum Gasteiger partial charge on any atom is -0.495 e. The van der Waals surface area contributed by atoms with Crippen LogP contribution in [0.25, 0.3) is 0 Å². The molecular formula is C19H28N2O5. The van der Waals surface area contributed by atoms with Crippen LogP contribution >= 0.6 is 0 Å². The number of pyridine rings is 1. The van der Waals surface area contributed by atoms with Crippen molar-refractivity contribution < 1.29 is 23.8 Å². The maximum absolute atomic E-state index is 12.4. The van der Waals surface area contributed by atoms with Gasteiger partial charge in [0.15, 0.2) is 0 Å². The van der Waals surface area contributed by atoms with Gasteiger partial charge >= 0.3 is 12.1 Å². The fraction of sp³-hybridized carbons (Fsp3) is 0.632. The number of methoxy groups -OCH3 is 1. The second kappa shape index (κ2) is 8.38. The number of esters is 1. The number of piperidine rings is 1. The number of likely N-dealkylation sites (tertiary alicyclic amines) is 1. The summed E-state index contributed by atoms with van der Waals surface area (Å²) in [5.41, 5.74) is 0.167. The SMILES string of the molecule is CCOC(=O)C1CCN(C(=O)OC(C)(C)C)CC1c1ccc(OC)cn1. The van der Waals surface area contributed by atoms with Crippen LogP contribution in [0.15, 0.2) is 18.3 Å². The number of nitrogens with zero attached hydrogens (tertiary/aromatic N) is 2. The van der Waals surface area contributed by atoms with E-state index in [9.17, 15) is 9.59 Å². The van der Waals surface area contributed by atoms with Crippen LogP contribution in [-0.4, -0.2) is 54.4 Å². The molecule has 26 heavy (non-hydrogen) atoms. The largest absolute Gasteiger partial charge is 0.495 e. The predicted molar refractivity (Wildman–Crippen MR) is 96.1 cm³/mol. The summed E-state index contributed by atoms with van der Waals surface area (Å²) in [6, 6.07) is 3.63. The van der Waals surface area contributed by atoms with E-state index in [1.807, 2.05) is 26.8 Å². The molecule has 0 aromatic carbocycles. The van der Waals surface area contributed by atoms with Crippen molar-refractivity contribution in [1.82, 2.24) is 9.88 Å². The first-order valence-electron chi connectivity index (χ1n) is 8.89. The van der Waals surface area contributed by atoms with Gasteiger partial charge in [0.05, 0.1) is 25.8 Å². The summed E-state index contributed by atoms with van der Waals surface area (Å²) in [6.45, 7) is 8.42. The Labute approximate surface area is 154 Å². The van der Waals surface area contributed by atoms with E-state index in [0.29, 0.717) is 31.9 Å². The Morgan fingerprint density at radius 1 is 1.31 bits per heavy atom. The van der Waals surface area contributed by atoms with E-state index in [-0.39, 0.29) is 23.9 Å². The highest BCUT2D eigenvalue weighted by atomic mass is 16.6. The molecule has 2 heterocycles. The van der Waals surface area contributed by atoms with Crippen LogP contribution in [0.4, 0.5) is 4.79 Å². The van der Waals surface area contributed by atoms with E-state index in [1.165, 1.54) is 0 Å². The second-order valence-corrected chi connectivity index (χ2v) is 7.30.